The molecule has 0 fully saturated rings. The fraction of sp³-hybridized carbons (Fsp3) is 0.875. The number of unbranched alkanes of at least 4 members (excludes halogenated alkanes) is 29. The lowest BCUT2D eigenvalue weighted by Crippen LogP contribution is -2.08. The molecule has 1 atom stereocenters. The number of hydrogen-bond donors (Lipinski definition) is 0. The second-order valence-corrected chi connectivity index (χ2v) is 16.0. The minimum atomic E-state index is 0.789. The van der Waals surface area contributed by atoms with Gasteiger partial charge in [-0.1, -0.05) is 245 Å². The van der Waals surface area contributed by atoms with Gasteiger partial charge in [0.25, 0.3) is 0 Å². The standard InChI is InChI=1S/C48H90/c1-5-9-13-17-20-23-24-25-26-27-29-32-35-40-45(39-34-16-12-8-4)48-44-38-42-46(41-36-31-28-21-18-14-10-6-2)47(48)43-37-33-30-22-19-15-11-7-3/h38,42,44-45H,5-37,39-41,43H2,1-4H3. The van der Waals surface area contributed by atoms with Crippen LogP contribution in [0.4, 0.5) is 0 Å². The predicted octanol–water partition coefficient (Wildman–Crippen LogP) is 17.6. The Bertz CT molecular complexity index is 761. The minimum Gasteiger partial charge on any atom is -0.0654 e. The molecule has 0 aliphatic heterocycles. The van der Waals surface area contributed by atoms with Crippen LogP contribution in [0.3, 0.4) is 0 Å². The molecule has 0 aromatic heterocycles. The third-order valence-electron chi connectivity index (χ3n) is 11.4. The zero-order valence-corrected chi connectivity index (χ0v) is 34.0. The SMILES string of the molecule is CCCCCCCCCCCCCCCC(CCCCCC)c1cccc(CCCCCCCCCC)c1CCCCCCCCCC. The largest absolute Gasteiger partial charge is 0.0654 e. The Balaban J connectivity index is 2.71. The molecule has 0 saturated heterocycles. The van der Waals surface area contributed by atoms with E-state index in [9.17, 15) is 0 Å². The molecule has 0 nitrogen and oxygen atoms in total. The maximum Gasteiger partial charge on any atom is -0.0159 e. The molecule has 48 heavy (non-hydrogen) atoms. The van der Waals surface area contributed by atoms with Crippen LogP contribution in [-0.2, 0) is 12.8 Å². The van der Waals surface area contributed by atoms with Crippen molar-refractivity contribution in [1.82, 2.24) is 0 Å². The fourth-order valence-electron chi connectivity index (χ4n) is 8.14. The zero-order chi connectivity index (χ0) is 34.6. The van der Waals surface area contributed by atoms with Crippen LogP contribution in [0, 0.1) is 0 Å². The molecule has 0 bridgehead atoms. The van der Waals surface area contributed by atoms with Crippen molar-refractivity contribution in [1.29, 1.82) is 0 Å². The lowest BCUT2D eigenvalue weighted by Gasteiger charge is -2.24. The van der Waals surface area contributed by atoms with Crippen molar-refractivity contribution in [3.8, 4) is 0 Å². The van der Waals surface area contributed by atoms with Crippen LogP contribution < -0.4 is 0 Å². The first kappa shape index (κ1) is 45.2. The molecule has 282 valence electrons. The van der Waals surface area contributed by atoms with E-state index in [2.05, 4.69) is 45.9 Å². The van der Waals surface area contributed by atoms with E-state index in [1.54, 1.807) is 11.1 Å². The highest BCUT2D eigenvalue weighted by molar-refractivity contribution is 5.38. The Kier molecular flexibility index (Phi) is 34.0. The quantitative estimate of drug-likeness (QED) is 0.0616. The smallest absolute Gasteiger partial charge is 0.0159 e. The van der Waals surface area contributed by atoms with Gasteiger partial charge in [-0.05, 0) is 61.1 Å². The van der Waals surface area contributed by atoms with Crippen molar-refractivity contribution in [2.45, 2.75) is 271 Å². The highest BCUT2D eigenvalue weighted by Crippen LogP contribution is 2.34. The molecule has 1 unspecified atom stereocenters. The molecular formula is C48H90. The Morgan fingerprint density at radius 2 is 0.646 bits per heavy atom. The van der Waals surface area contributed by atoms with Gasteiger partial charge in [0.05, 0.1) is 0 Å². The third kappa shape index (κ3) is 26.1. The average molecular weight is 667 g/mol. The first-order valence-electron chi connectivity index (χ1n) is 22.9. The molecule has 0 N–H and O–H groups in total. The van der Waals surface area contributed by atoms with Gasteiger partial charge in [0.15, 0.2) is 0 Å². The van der Waals surface area contributed by atoms with E-state index in [-0.39, 0.29) is 0 Å². The van der Waals surface area contributed by atoms with E-state index in [0.29, 0.717) is 0 Å². The Hall–Kier alpha value is -0.780. The van der Waals surface area contributed by atoms with Gasteiger partial charge in [-0.25, -0.2) is 0 Å². The normalized spacial score (nSPS) is 12.2. The number of benzene rings is 1. The molecular weight excluding hydrogens is 577 g/mol. The second kappa shape index (κ2) is 36.0. The molecule has 0 radical (unpaired) electrons. The number of aryl methyl sites for hydroxylation is 1. The van der Waals surface area contributed by atoms with E-state index in [4.69, 9.17) is 0 Å². The van der Waals surface area contributed by atoms with E-state index in [0.717, 1.165) is 5.92 Å². The van der Waals surface area contributed by atoms with Crippen molar-refractivity contribution >= 4 is 0 Å². The summed E-state index contributed by atoms with van der Waals surface area (Å²) in [5, 5.41) is 0. The molecule has 0 amide bonds. The zero-order valence-electron chi connectivity index (χ0n) is 34.0. The summed E-state index contributed by atoms with van der Waals surface area (Å²) in [6, 6.07) is 7.57. The highest BCUT2D eigenvalue weighted by Gasteiger charge is 2.18. The van der Waals surface area contributed by atoms with Crippen molar-refractivity contribution in [2.24, 2.45) is 0 Å². The number of hydrogen-bond acceptors (Lipinski definition) is 0. The van der Waals surface area contributed by atoms with Gasteiger partial charge in [-0.2, -0.15) is 0 Å². The Morgan fingerprint density at radius 1 is 0.333 bits per heavy atom. The Labute approximate surface area is 305 Å². The van der Waals surface area contributed by atoms with Crippen molar-refractivity contribution < 1.29 is 0 Å². The van der Waals surface area contributed by atoms with Gasteiger partial charge >= 0.3 is 0 Å². The van der Waals surface area contributed by atoms with Crippen LogP contribution in [0.1, 0.15) is 275 Å². The van der Waals surface area contributed by atoms with Crippen LogP contribution in [0.15, 0.2) is 18.2 Å². The molecule has 0 heterocycles. The van der Waals surface area contributed by atoms with Gasteiger partial charge in [0.2, 0.25) is 0 Å². The van der Waals surface area contributed by atoms with E-state index in [1.807, 2.05) is 5.56 Å². The average Bonchev–Trinajstić information content (AvgIpc) is 3.10. The van der Waals surface area contributed by atoms with E-state index >= 15 is 0 Å². The molecule has 0 saturated carbocycles. The predicted molar refractivity (Wildman–Crippen MR) is 221 cm³/mol. The summed E-state index contributed by atoms with van der Waals surface area (Å²) in [6.07, 6.45) is 52.8. The molecule has 1 aromatic carbocycles. The lowest BCUT2D eigenvalue weighted by molar-refractivity contribution is 0.483. The molecule has 1 rings (SSSR count). The van der Waals surface area contributed by atoms with E-state index < -0.39 is 0 Å². The minimum absolute atomic E-state index is 0.789. The van der Waals surface area contributed by atoms with Gasteiger partial charge < -0.3 is 0 Å². The molecule has 0 aliphatic rings. The van der Waals surface area contributed by atoms with Crippen LogP contribution >= 0.6 is 0 Å². The summed E-state index contributed by atoms with van der Waals surface area (Å²) in [4.78, 5) is 0. The van der Waals surface area contributed by atoms with E-state index in [1.165, 1.54) is 238 Å². The second-order valence-electron chi connectivity index (χ2n) is 16.0. The third-order valence-corrected chi connectivity index (χ3v) is 11.4. The summed E-state index contributed by atoms with van der Waals surface area (Å²) in [5.74, 6) is 0.789. The lowest BCUT2D eigenvalue weighted by atomic mass is 9.81. The van der Waals surface area contributed by atoms with Crippen molar-refractivity contribution in [3.05, 3.63) is 34.9 Å². The van der Waals surface area contributed by atoms with Crippen molar-refractivity contribution in [2.75, 3.05) is 0 Å². The Morgan fingerprint density at radius 3 is 1.04 bits per heavy atom. The molecule has 0 aliphatic carbocycles. The first-order chi connectivity index (χ1) is 23.8. The topological polar surface area (TPSA) is 0 Å². The summed E-state index contributed by atoms with van der Waals surface area (Å²) in [6.45, 7) is 9.34. The molecule has 0 spiro atoms. The molecule has 1 aromatic rings. The fourth-order valence-corrected chi connectivity index (χ4v) is 8.14. The summed E-state index contributed by atoms with van der Waals surface area (Å²) >= 11 is 0. The van der Waals surface area contributed by atoms with Gasteiger partial charge in [-0.3, -0.25) is 0 Å². The van der Waals surface area contributed by atoms with Crippen LogP contribution in [0.2, 0.25) is 0 Å². The van der Waals surface area contributed by atoms with Crippen LogP contribution in [0.25, 0.3) is 0 Å². The first-order valence-corrected chi connectivity index (χ1v) is 22.9. The van der Waals surface area contributed by atoms with Crippen LogP contribution in [-0.4, -0.2) is 0 Å². The summed E-state index contributed by atoms with van der Waals surface area (Å²) in [7, 11) is 0. The maximum atomic E-state index is 2.59. The maximum absolute atomic E-state index is 2.59. The highest BCUT2D eigenvalue weighted by atomic mass is 14.2. The van der Waals surface area contributed by atoms with Gasteiger partial charge in [-0.15, -0.1) is 0 Å². The number of rotatable bonds is 38. The monoisotopic (exact) mass is 667 g/mol. The molecule has 0 heteroatoms. The van der Waals surface area contributed by atoms with Crippen molar-refractivity contribution in [3.63, 3.8) is 0 Å². The van der Waals surface area contributed by atoms with Gasteiger partial charge in [0, 0.05) is 0 Å². The summed E-state index contributed by atoms with van der Waals surface area (Å²) in [5.41, 5.74) is 5.32. The summed E-state index contributed by atoms with van der Waals surface area (Å²) < 4.78 is 0. The van der Waals surface area contributed by atoms with Crippen LogP contribution in [0.5, 0.6) is 0 Å². The van der Waals surface area contributed by atoms with Gasteiger partial charge in [0.1, 0.15) is 0 Å².